The van der Waals surface area contributed by atoms with Crippen LogP contribution in [0, 0.1) is 0 Å². The summed E-state index contributed by atoms with van der Waals surface area (Å²) in [5, 5.41) is 8.29. The average molecular weight is 126 g/mol. The molecule has 0 fully saturated rings. The summed E-state index contributed by atoms with van der Waals surface area (Å²) < 4.78 is 4.07. The molecule has 0 aromatic carbocycles. The van der Waals surface area contributed by atoms with Crippen LogP contribution in [0.1, 0.15) is 0 Å². The maximum Gasteiger partial charge on any atom is 0.176 e. The Morgan fingerprint density at radius 1 is 1.83 bits per heavy atom. The van der Waals surface area contributed by atoms with Crippen LogP contribution >= 0.6 is 25.5 Å². The normalized spacial score (nSPS) is 14.5. The van der Waals surface area contributed by atoms with Crippen LogP contribution in [0.4, 0.5) is 0 Å². The van der Waals surface area contributed by atoms with Crippen molar-refractivity contribution < 1.29 is 9.29 Å². The summed E-state index contributed by atoms with van der Waals surface area (Å²) in [6.45, 7) is 0. The molecule has 0 saturated heterocycles. The number of hydrogen-bond acceptors (Lipinski definition) is 4. The van der Waals surface area contributed by atoms with Gasteiger partial charge in [-0.3, -0.25) is 4.18 Å². The van der Waals surface area contributed by atoms with Gasteiger partial charge in [-0.2, -0.15) is 12.6 Å². The van der Waals surface area contributed by atoms with Crippen molar-refractivity contribution in [2.45, 2.75) is 6.29 Å². The van der Waals surface area contributed by atoms with Gasteiger partial charge in [0, 0.05) is 5.75 Å². The van der Waals surface area contributed by atoms with Gasteiger partial charge in [-0.25, -0.2) is 0 Å². The van der Waals surface area contributed by atoms with Crippen molar-refractivity contribution in [3.8, 4) is 0 Å². The molecular formula is C2H6O2S2. The van der Waals surface area contributed by atoms with Crippen molar-refractivity contribution in [3.63, 3.8) is 0 Å². The highest BCUT2D eigenvalue weighted by Crippen LogP contribution is 1.89. The van der Waals surface area contributed by atoms with Crippen LogP contribution in [0.25, 0.3) is 0 Å². The monoisotopic (exact) mass is 126 g/mol. The first-order chi connectivity index (χ1) is 2.81. The lowest BCUT2D eigenvalue weighted by Gasteiger charge is -1.98. The van der Waals surface area contributed by atoms with Gasteiger partial charge in [0.15, 0.2) is 6.29 Å². The van der Waals surface area contributed by atoms with Crippen molar-refractivity contribution in [2.75, 3.05) is 5.75 Å². The van der Waals surface area contributed by atoms with E-state index in [1.165, 1.54) is 0 Å². The van der Waals surface area contributed by atoms with Gasteiger partial charge in [0.1, 0.15) is 0 Å². The van der Waals surface area contributed by atoms with E-state index in [1.54, 1.807) is 0 Å². The Bertz CT molecular complexity index is 28.7. The Morgan fingerprint density at radius 3 is 2.33 bits per heavy atom. The third kappa shape index (κ3) is 2.84. The Hall–Kier alpha value is 0.620. The van der Waals surface area contributed by atoms with E-state index in [4.69, 9.17) is 5.11 Å². The molecule has 0 aliphatic carbocycles. The van der Waals surface area contributed by atoms with Crippen LogP contribution in [0.5, 0.6) is 0 Å². The predicted molar refractivity (Wildman–Crippen MR) is 29.9 cm³/mol. The first-order valence-electron chi connectivity index (χ1n) is 1.40. The second-order valence-corrected chi connectivity index (χ2v) is 1.32. The molecule has 0 aromatic rings. The van der Waals surface area contributed by atoms with Crippen molar-refractivity contribution in [1.29, 1.82) is 0 Å². The fourth-order valence-electron chi connectivity index (χ4n) is 0.0333. The van der Waals surface area contributed by atoms with Crippen LogP contribution < -0.4 is 0 Å². The van der Waals surface area contributed by atoms with E-state index in [2.05, 4.69) is 29.7 Å². The van der Waals surface area contributed by atoms with Gasteiger partial charge in [-0.15, -0.1) is 0 Å². The minimum Gasteiger partial charge on any atom is -0.366 e. The van der Waals surface area contributed by atoms with Crippen LogP contribution in [-0.4, -0.2) is 17.1 Å². The zero-order valence-corrected chi connectivity index (χ0v) is 4.82. The van der Waals surface area contributed by atoms with E-state index in [0.29, 0.717) is 0 Å². The van der Waals surface area contributed by atoms with Crippen LogP contribution in [-0.2, 0) is 4.18 Å². The molecule has 0 aromatic heterocycles. The molecule has 0 spiro atoms. The first kappa shape index (κ1) is 6.62. The molecule has 2 nitrogen and oxygen atoms in total. The van der Waals surface area contributed by atoms with Gasteiger partial charge in [0.05, 0.1) is 0 Å². The van der Waals surface area contributed by atoms with Gasteiger partial charge < -0.3 is 5.11 Å². The Labute approximate surface area is 47.5 Å². The molecule has 0 amide bonds. The first-order valence-corrected chi connectivity index (χ1v) is 2.40. The SMILES string of the molecule is OC(CS)OS. The summed E-state index contributed by atoms with van der Waals surface area (Å²) >= 11 is 6.97. The molecule has 0 bridgehead atoms. The van der Waals surface area contributed by atoms with Crippen LogP contribution in [0.3, 0.4) is 0 Å². The van der Waals surface area contributed by atoms with Gasteiger partial charge in [0.2, 0.25) is 0 Å². The molecule has 1 unspecified atom stereocenters. The molecule has 1 atom stereocenters. The maximum absolute atomic E-state index is 8.29. The minimum atomic E-state index is -0.836. The quantitative estimate of drug-likeness (QED) is 0.278. The molecule has 0 radical (unpaired) electrons. The standard InChI is InChI=1S/C2H6O2S2/c3-2(1-5)4-6/h2-3,5-6H,1H2. The van der Waals surface area contributed by atoms with Crippen LogP contribution in [0.15, 0.2) is 0 Å². The minimum absolute atomic E-state index is 0.281. The Kier molecular flexibility index (Phi) is 4.19. The fraction of sp³-hybridized carbons (Fsp3) is 1.00. The third-order valence-corrected chi connectivity index (χ3v) is 0.834. The van der Waals surface area contributed by atoms with E-state index in [1.807, 2.05) is 0 Å². The molecule has 6 heavy (non-hydrogen) atoms. The van der Waals surface area contributed by atoms with E-state index < -0.39 is 6.29 Å². The van der Waals surface area contributed by atoms with Gasteiger partial charge >= 0.3 is 0 Å². The molecule has 0 heterocycles. The molecular weight excluding hydrogens is 120 g/mol. The van der Waals surface area contributed by atoms with Crippen molar-refractivity contribution in [2.24, 2.45) is 0 Å². The summed E-state index contributed by atoms with van der Waals surface area (Å²) in [6, 6.07) is 0. The Balaban J connectivity index is 2.75. The van der Waals surface area contributed by atoms with E-state index in [-0.39, 0.29) is 5.75 Å². The second kappa shape index (κ2) is 3.80. The summed E-state index contributed by atoms with van der Waals surface area (Å²) in [7, 11) is 0. The molecule has 0 aliphatic heterocycles. The highest BCUT2D eigenvalue weighted by molar-refractivity contribution is 7.80. The number of hydrogen-bond donors (Lipinski definition) is 3. The lowest BCUT2D eigenvalue weighted by atomic mass is 10.8. The largest absolute Gasteiger partial charge is 0.366 e. The highest BCUT2D eigenvalue weighted by atomic mass is 32.1. The summed E-state index contributed by atoms with van der Waals surface area (Å²) in [5.74, 6) is 0.281. The van der Waals surface area contributed by atoms with Crippen molar-refractivity contribution >= 4 is 25.5 Å². The smallest absolute Gasteiger partial charge is 0.176 e. The highest BCUT2D eigenvalue weighted by Gasteiger charge is 1.92. The average Bonchev–Trinajstić information content (AvgIpc) is 1.65. The van der Waals surface area contributed by atoms with E-state index >= 15 is 0 Å². The summed E-state index contributed by atoms with van der Waals surface area (Å²) in [5.41, 5.74) is 0. The van der Waals surface area contributed by atoms with Gasteiger partial charge in [0.25, 0.3) is 0 Å². The summed E-state index contributed by atoms with van der Waals surface area (Å²) in [6.07, 6.45) is -0.836. The zero-order chi connectivity index (χ0) is 4.99. The van der Waals surface area contributed by atoms with Gasteiger partial charge in [-0.1, -0.05) is 0 Å². The molecule has 0 saturated carbocycles. The van der Waals surface area contributed by atoms with E-state index in [9.17, 15) is 0 Å². The number of aliphatic hydroxyl groups is 1. The number of rotatable bonds is 2. The molecule has 38 valence electrons. The van der Waals surface area contributed by atoms with Crippen LogP contribution in [0.2, 0.25) is 0 Å². The third-order valence-electron chi connectivity index (χ3n) is 0.278. The lowest BCUT2D eigenvalue weighted by Crippen LogP contribution is -2.06. The lowest BCUT2D eigenvalue weighted by molar-refractivity contribution is 0.0238. The topological polar surface area (TPSA) is 29.5 Å². The predicted octanol–water partition coefficient (Wildman–Crippen LogP) is 0.0960. The molecule has 1 N–H and O–H groups in total. The Morgan fingerprint density at radius 2 is 2.33 bits per heavy atom. The summed E-state index contributed by atoms with van der Waals surface area (Å²) in [4.78, 5) is 0. The van der Waals surface area contributed by atoms with E-state index in [0.717, 1.165) is 0 Å². The number of aliphatic hydroxyl groups excluding tert-OH is 1. The fourth-order valence-corrected chi connectivity index (χ4v) is 0.300. The molecule has 0 aliphatic rings. The van der Waals surface area contributed by atoms with Crippen molar-refractivity contribution in [1.82, 2.24) is 0 Å². The molecule has 4 heteroatoms. The second-order valence-electron chi connectivity index (χ2n) is 0.743. The molecule has 0 rings (SSSR count). The maximum atomic E-state index is 8.29. The number of thiol groups is 2. The zero-order valence-electron chi connectivity index (χ0n) is 3.03. The van der Waals surface area contributed by atoms with Gasteiger partial charge in [-0.05, 0) is 12.9 Å². The van der Waals surface area contributed by atoms with Crippen molar-refractivity contribution in [3.05, 3.63) is 0 Å².